The molecule has 0 aromatic carbocycles. The van der Waals surface area contributed by atoms with Crippen LogP contribution in [0.3, 0.4) is 0 Å². The van der Waals surface area contributed by atoms with E-state index in [1.807, 2.05) is 18.2 Å². The highest BCUT2D eigenvalue weighted by Gasteiger charge is 2.01. The summed E-state index contributed by atoms with van der Waals surface area (Å²) in [4.78, 5) is 4.39. The van der Waals surface area contributed by atoms with Crippen LogP contribution in [0.15, 0.2) is 18.2 Å². The Hall–Kier alpha value is -1.05. The van der Waals surface area contributed by atoms with Gasteiger partial charge in [-0.2, -0.15) is 0 Å². The molecule has 2 heteroatoms. The van der Waals surface area contributed by atoms with E-state index >= 15 is 0 Å². The molecule has 0 radical (unpaired) electrons. The van der Waals surface area contributed by atoms with Gasteiger partial charge in [0.2, 0.25) is 5.88 Å². The minimum atomic E-state index is 0.463. The smallest absolute Gasteiger partial charge is 0.213 e. The lowest BCUT2D eigenvalue weighted by molar-refractivity contribution is 0.304. The van der Waals surface area contributed by atoms with Gasteiger partial charge in [0.15, 0.2) is 0 Å². The van der Waals surface area contributed by atoms with Crippen LogP contribution in [0.2, 0.25) is 0 Å². The van der Waals surface area contributed by atoms with Crippen LogP contribution in [0.5, 0.6) is 5.88 Å². The second-order valence-corrected chi connectivity index (χ2v) is 3.40. The van der Waals surface area contributed by atoms with Gasteiger partial charge in [-0.25, -0.2) is 4.98 Å². The van der Waals surface area contributed by atoms with Crippen LogP contribution in [0.1, 0.15) is 38.8 Å². The third kappa shape index (κ3) is 3.05. The molecule has 0 saturated carbocycles. The van der Waals surface area contributed by atoms with Gasteiger partial charge in [0.1, 0.15) is 0 Å². The minimum Gasteiger partial charge on any atom is -0.478 e. The molecule has 1 heterocycles. The van der Waals surface area contributed by atoms with Crippen LogP contribution in [0.25, 0.3) is 0 Å². The third-order valence-electron chi connectivity index (χ3n) is 1.79. The maximum Gasteiger partial charge on any atom is 0.213 e. The molecule has 72 valence electrons. The van der Waals surface area contributed by atoms with Crippen LogP contribution in [0, 0.1) is 0 Å². The lowest BCUT2D eigenvalue weighted by Crippen LogP contribution is -1.99. The van der Waals surface area contributed by atoms with E-state index < -0.39 is 0 Å². The van der Waals surface area contributed by atoms with Crippen molar-refractivity contribution in [2.75, 3.05) is 6.61 Å². The van der Waals surface area contributed by atoms with Crippen molar-refractivity contribution in [1.29, 1.82) is 0 Å². The van der Waals surface area contributed by atoms with Crippen LogP contribution in [-0.4, -0.2) is 11.6 Å². The summed E-state index contributed by atoms with van der Waals surface area (Å²) in [5, 5.41) is 0. The largest absolute Gasteiger partial charge is 0.478 e. The number of nitrogens with zero attached hydrogens (tertiary/aromatic N) is 1. The molecule has 1 aromatic rings. The van der Waals surface area contributed by atoms with E-state index in [1.54, 1.807) is 0 Å². The first-order valence-corrected chi connectivity index (χ1v) is 4.83. The molecule has 0 N–H and O–H groups in total. The molecule has 0 aliphatic rings. The fraction of sp³-hybridized carbons (Fsp3) is 0.545. The fourth-order valence-corrected chi connectivity index (χ4v) is 1.04. The number of rotatable bonds is 4. The molecule has 0 aliphatic heterocycles. The van der Waals surface area contributed by atoms with Gasteiger partial charge in [0.05, 0.1) is 6.61 Å². The average molecular weight is 179 g/mol. The van der Waals surface area contributed by atoms with Gasteiger partial charge >= 0.3 is 0 Å². The highest BCUT2D eigenvalue weighted by Crippen LogP contribution is 2.15. The molecule has 0 amide bonds. The lowest BCUT2D eigenvalue weighted by atomic mass is 10.1. The summed E-state index contributed by atoms with van der Waals surface area (Å²) in [6.45, 7) is 7.10. The van der Waals surface area contributed by atoms with Crippen molar-refractivity contribution in [2.24, 2.45) is 0 Å². The van der Waals surface area contributed by atoms with Crippen molar-refractivity contribution in [2.45, 2.75) is 33.1 Å². The lowest BCUT2D eigenvalue weighted by Gasteiger charge is -2.07. The Morgan fingerprint density at radius 2 is 2.15 bits per heavy atom. The SMILES string of the molecule is CCCOc1cccc(C(C)C)n1. The van der Waals surface area contributed by atoms with Crippen molar-refractivity contribution in [1.82, 2.24) is 4.98 Å². The molecular formula is C11H17NO. The number of hydrogen-bond acceptors (Lipinski definition) is 2. The first-order valence-electron chi connectivity index (χ1n) is 4.83. The highest BCUT2D eigenvalue weighted by molar-refractivity contribution is 5.17. The topological polar surface area (TPSA) is 22.1 Å². The summed E-state index contributed by atoms with van der Waals surface area (Å²) in [5.41, 5.74) is 1.09. The second kappa shape index (κ2) is 4.85. The monoisotopic (exact) mass is 179 g/mol. The number of aromatic nitrogens is 1. The number of ether oxygens (including phenoxy) is 1. The van der Waals surface area contributed by atoms with Gasteiger partial charge in [0.25, 0.3) is 0 Å². The number of pyridine rings is 1. The number of hydrogen-bond donors (Lipinski definition) is 0. The molecule has 1 rings (SSSR count). The zero-order valence-electron chi connectivity index (χ0n) is 8.58. The molecule has 0 fully saturated rings. The van der Waals surface area contributed by atoms with Gasteiger partial charge in [-0.05, 0) is 18.4 Å². The van der Waals surface area contributed by atoms with Crippen molar-refractivity contribution < 1.29 is 4.74 Å². The fourth-order valence-electron chi connectivity index (χ4n) is 1.04. The predicted molar refractivity (Wildman–Crippen MR) is 54.1 cm³/mol. The molecular weight excluding hydrogens is 162 g/mol. The Bertz CT molecular complexity index is 258. The van der Waals surface area contributed by atoms with Crippen molar-refractivity contribution in [3.05, 3.63) is 23.9 Å². The normalized spacial score (nSPS) is 10.5. The molecule has 0 spiro atoms. The summed E-state index contributed by atoms with van der Waals surface area (Å²) in [6, 6.07) is 5.93. The highest BCUT2D eigenvalue weighted by atomic mass is 16.5. The molecule has 0 aliphatic carbocycles. The quantitative estimate of drug-likeness (QED) is 0.708. The Labute approximate surface area is 80.0 Å². The van der Waals surface area contributed by atoms with E-state index in [4.69, 9.17) is 4.74 Å². The maximum atomic E-state index is 5.43. The van der Waals surface area contributed by atoms with Crippen molar-refractivity contribution >= 4 is 0 Å². The van der Waals surface area contributed by atoms with E-state index in [9.17, 15) is 0 Å². The first-order chi connectivity index (χ1) is 6.24. The molecule has 0 bridgehead atoms. The van der Waals surface area contributed by atoms with Crippen molar-refractivity contribution in [3.63, 3.8) is 0 Å². The van der Waals surface area contributed by atoms with E-state index in [1.165, 1.54) is 0 Å². The Morgan fingerprint density at radius 1 is 1.38 bits per heavy atom. The summed E-state index contributed by atoms with van der Waals surface area (Å²) >= 11 is 0. The van der Waals surface area contributed by atoms with Gasteiger partial charge < -0.3 is 4.74 Å². The average Bonchev–Trinajstić information content (AvgIpc) is 2.15. The minimum absolute atomic E-state index is 0.463. The van der Waals surface area contributed by atoms with Crippen LogP contribution in [0.4, 0.5) is 0 Å². The summed E-state index contributed by atoms with van der Waals surface area (Å²) < 4.78 is 5.43. The van der Waals surface area contributed by atoms with Gasteiger partial charge in [-0.1, -0.05) is 26.8 Å². The third-order valence-corrected chi connectivity index (χ3v) is 1.79. The Morgan fingerprint density at radius 3 is 2.77 bits per heavy atom. The molecule has 1 aromatic heterocycles. The summed E-state index contributed by atoms with van der Waals surface area (Å²) in [7, 11) is 0. The molecule has 0 saturated heterocycles. The zero-order valence-corrected chi connectivity index (χ0v) is 8.58. The van der Waals surface area contributed by atoms with Crippen LogP contribution < -0.4 is 4.74 Å². The molecule has 0 unspecified atom stereocenters. The predicted octanol–water partition coefficient (Wildman–Crippen LogP) is 2.99. The van der Waals surface area contributed by atoms with E-state index in [-0.39, 0.29) is 0 Å². The van der Waals surface area contributed by atoms with Crippen molar-refractivity contribution in [3.8, 4) is 5.88 Å². The standard InChI is InChI=1S/C11H17NO/c1-4-8-13-11-7-5-6-10(12-11)9(2)3/h5-7,9H,4,8H2,1-3H3. The summed E-state index contributed by atoms with van der Waals surface area (Å²) in [5.74, 6) is 1.21. The van der Waals surface area contributed by atoms with Gasteiger partial charge in [0, 0.05) is 11.8 Å². The van der Waals surface area contributed by atoms with E-state index in [0.29, 0.717) is 5.92 Å². The van der Waals surface area contributed by atoms with Crippen LogP contribution >= 0.6 is 0 Å². The van der Waals surface area contributed by atoms with E-state index in [0.717, 1.165) is 24.6 Å². The molecule has 2 nitrogen and oxygen atoms in total. The maximum absolute atomic E-state index is 5.43. The second-order valence-electron chi connectivity index (χ2n) is 3.40. The Balaban J connectivity index is 2.68. The first kappa shape index (κ1) is 10.0. The Kier molecular flexibility index (Phi) is 3.74. The van der Waals surface area contributed by atoms with E-state index in [2.05, 4.69) is 25.8 Å². The van der Waals surface area contributed by atoms with Gasteiger partial charge in [-0.3, -0.25) is 0 Å². The van der Waals surface area contributed by atoms with Crippen LogP contribution in [-0.2, 0) is 0 Å². The molecule has 13 heavy (non-hydrogen) atoms. The molecule has 0 atom stereocenters. The summed E-state index contributed by atoms with van der Waals surface area (Å²) in [6.07, 6.45) is 1.02. The van der Waals surface area contributed by atoms with Gasteiger partial charge in [-0.15, -0.1) is 0 Å². The zero-order chi connectivity index (χ0) is 9.68.